The Bertz CT molecular complexity index is 1080. The van der Waals surface area contributed by atoms with Gasteiger partial charge in [-0.15, -0.1) is 0 Å². The summed E-state index contributed by atoms with van der Waals surface area (Å²) in [7, 11) is 1.13. The molecule has 2 rings (SSSR count). The molecule has 0 unspecified atom stereocenters. The number of hydrogen-bond acceptors (Lipinski definition) is 8. The van der Waals surface area contributed by atoms with Gasteiger partial charge in [-0.25, -0.2) is 8.42 Å². The maximum Gasteiger partial charge on any atom is 0.255 e. The van der Waals surface area contributed by atoms with Crippen LogP contribution in [0.15, 0.2) is 41.3 Å². The van der Waals surface area contributed by atoms with Gasteiger partial charge >= 0.3 is 0 Å². The predicted octanol–water partition coefficient (Wildman–Crippen LogP) is 1.51. The first-order valence-electron chi connectivity index (χ1n) is 9.92. The molecule has 0 bridgehead atoms. The lowest BCUT2D eigenvalue weighted by atomic mass is 10.1. The molecule has 0 radical (unpaired) electrons. The molecule has 0 heterocycles. The fourth-order valence-corrected chi connectivity index (χ4v) is 3.55. The highest BCUT2D eigenvalue weighted by Gasteiger charge is 2.20. The second kappa shape index (κ2) is 11.4. The molecule has 0 fully saturated rings. The highest BCUT2D eigenvalue weighted by atomic mass is 32.2. The standard InChI is InChI=1S/C22H28N2O8S/c1-24(9-6-10-31-16-7-5-8-17(13-16)33(4,27)28)22(26)15-11-18(29-2)21(19(12-15)30-3)32-14-20(23)25/h5,7-8,11-13H,6,9-10,14H2,1-4H3,(H2,23,25). The lowest BCUT2D eigenvalue weighted by Crippen LogP contribution is -2.28. The summed E-state index contributed by atoms with van der Waals surface area (Å²) in [6, 6.07) is 9.23. The molecule has 0 saturated carbocycles. The summed E-state index contributed by atoms with van der Waals surface area (Å²) in [6.45, 7) is 0.305. The average molecular weight is 481 g/mol. The summed E-state index contributed by atoms with van der Waals surface area (Å²) in [5.41, 5.74) is 5.42. The maximum atomic E-state index is 12.9. The van der Waals surface area contributed by atoms with Crippen LogP contribution in [0.3, 0.4) is 0 Å². The summed E-state index contributed by atoms with van der Waals surface area (Å²) in [5.74, 6) is 0.106. The number of primary amides is 1. The van der Waals surface area contributed by atoms with Gasteiger partial charge in [0.2, 0.25) is 5.75 Å². The van der Waals surface area contributed by atoms with Crippen molar-refractivity contribution in [3.8, 4) is 23.0 Å². The lowest BCUT2D eigenvalue weighted by Gasteiger charge is -2.20. The van der Waals surface area contributed by atoms with Gasteiger partial charge < -0.3 is 29.6 Å². The molecule has 11 heteroatoms. The lowest BCUT2D eigenvalue weighted by molar-refractivity contribution is -0.120. The van der Waals surface area contributed by atoms with Gasteiger partial charge in [-0.3, -0.25) is 9.59 Å². The highest BCUT2D eigenvalue weighted by molar-refractivity contribution is 7.90. The van der Waals surface area contributed by atoms with E-state index in [1.165, 1.54) is 43.4 Å². The van der Waals surface area contributed by atoms with Crippen molar-refractivity contribution in [2.24, 2.45) is 5.73 Å². The van der Waals surface area contributed by atoms with Crippen molar-refractivity contribution in [1.29, 1.82) is 0 Å². The van der Waals surface area contributed by atoms with Gasteiger partial charge in [0.25, 0.3) is 11.8 Å². The minimum Gasteiger partial charge on any atom is -0.493 e. The van der Waals surface area contributed by atoms with Gasteiger partial charge in [-0.2, -0.15) is 0 Å². The fourth-order valence-electron chi connectivity index (χ4n) is 2.90. The first kappa shape index (κ1) is 25.8. The first-order chi connectivity index (χ1) is 15.6. The van der Waals surface area contributed by atoms with Crippen LogP contribution in [0.1, 0.15) is 16.8 Å². The molecule has 2 aromatic rings. The van der Waals surface area contributed by atoms with Crippen LogP contribution in [0.2, 0.25) is 0 Å². The molecule has 10 nitrogen and oxygen atoms in total. The molecule has 0 atom stereocenters. The Morgan fingerprint density at radius 3 is 2.21 bits per heavy atom. The van der Waals surface area contributed by atoms with E-state index in [2.05, 4.69) is 0 Å². The number of nitrogens with two attached hydrogens (primary N) is 1. The Kier molecular flexibility index (Phi) is 8.92. The number of methoxy groups -OCH3 is 2. The van der Waals surface area contributed by atoms with Gasteiger partial charge in [-0.1, -0.05) is 6.07 Å². The molecule has 0 aromatic heterocycles. The number of sulfone groups is 1. The zero-order chi connectivity index (χ0) is 24.6. The molecule has 0 saturated heterocycles. The molecular weight excluding hydrogens is 452 g/mol. The van der Waals surface area contributed by atoms with Crippen LogP contribution in [-0.2, 0) is 14.6 Å². The topological polar surface area (TPSA) is 134 Å². The molecule has 2 amide bonds. The van der Waals surface area contributed by atoms with Gasteiger partial charge in [0, 0.05) is 25.4 Å². The number of nitrogens with zero attached hydrogens (tertiary/aromatic N) is 1. The van der Waals surface area contributed by atoms with Crippen molar-refractivity contribution in [2.75, 3.05) is 47.3 Å². The smallest absolute Gasteiger partial charge is 0.255 e. The maximum absolute atomic E-state index is 12.9. The molecule has 0 aliphatic carbocycles. The SMILES string of the molecule is COc1cc(C(=O)N(C)CCCOc2cccc(S(C)(=O)=O)c2)cc(OC)c1OCC(N)=O. The van der Waals surface area contributed by atoms with E-state index in [9.17, 15) is 18.0 Å². The van der Waals surface area contributed by atoms with E-state index in [0.717, 1.165) is 6.26 Å². The highest BCUT2D eigenvalue weighted by Crippen LogP contribution is 2.38. The van der Waals surface area contributed by atoms with E-state index in [4.69, 9.17) is 24.7 Å². The number of rotatable bonds is 12. The first-order valence-corrected chi connectivity index (χ1v) is 11.8. The third kappa shape index (κ3) is 7.28. The summed E-state index contributed by atoms with van der Waals surface area (Å²) < 4.78 is 44.8. The average Bonchev–Trinajstić information content (AvgIpc) is 2.78. The molecule has 0 aliphatic rings. The quantitative estimate of drug-likeness (QED) is 0.452. The largest absolute Gasteiger partial charge is 0.493 e. The van der Waals surface area contributed by atoms with Crippen molar-refractivity contribution in [3.63, 3.8) is 0 Å². The monoisotopic (exact) mass is 480 g/mol. The number of ether oxygens (including phenoxy) is 4. The van der Waals surface area contributed by atoms with Crippen LogP contribution in [0.5, 0.6) is 23.0 Å². The third-order valence-electron chi connectivity index (χ3n) is 4.55. The Hall–Kier alpha value is -3.47. The number of carbonyl (C=O) groups excluding carboxylic acids is 2. The van der Waals surface area contributed by atoms with E-state index in [1.807, 2.05) is 0 Å². The van der Waals surface area contributed by atoms with Gasteiger partial charge in [0.05, 0.1) is 25.7 Å². The minimum atomic E-state index is -3.32. The van der Waals surface area contributed by atoms with Crippen LogP contribution in [0.4, 0.5) is 0 Å². The molecule has 180 valence electrons. The van der Waals surface area contributed by atoms with Crippen LogP contribution in [0, 0.1) is 0 Å². The number of benzene rings is 2. The molecule has 2 N–H and O–H groups in total. The summed E-state index contributed by atoms with van der Waals surface area (Å²) >= 11 is 0. The molecule has 33 heavy (non-hydrogen) atoms. The normalized spacial score (nSPS) is 10.9. The van der Waals surface area contributed by atoms with E-state index in [0.29, 0.717) is 24.3 Å². The molecule has 0 spiro atoms. The Balaban J connectivity index is 2.01. The molecule has 0 aliphatic heterocycles. The minimum absolute atomic E-state index is 0.169. The van der Waals surface area contributed by atoms with Crippen LogP contribution < -0.4 is 24.7 Å². The fraction of sp³-hybridized carbons (Fsp3) is 0.364. The van der Waals surface area contributed by atoms with Gasteiger partial charge in [0.15, 0.2) is 27.9 Å². The number of hydrogen-bond donors (Lipinski definition) is 1. The number of carbonyl (C=O) groups is 2. The number of amides is 2. The van der Waals surface area contributed by atoms with Crippen molar-refractivity contribution < 1.29 is 37.0 Å². The van der Waals surface area contributed by atoms with Gasteiger partial charge in [-0.05, 0) is 36.8 Å². The van der Waals surface area contributed by atoms with E-state index < -0.39 is 15.7 Å². The third-order valence-corrected chi connectivity index (χ3v) is 5.66. The second-order valence-electron chi connectivity index (χ2n) is 7.14. The van der Waals surface area contributed by atoms with Crippen LogP contribution >= 0.6 is 0 Å². The van der Waals surface area contributed by atoms with Crippen molar-refractivity contribution in [1.82, 2.24) is 4.90 Å². The Morgan fingerprint density at radius 2 is 1.67 bits per heavy atom. The zero-order valence-electron chi connectivity index (χ0n) is 19.0. The van der Waals surface area contributed by atoms with E-state index in [-0.39, 0.29) is 41.3 Å². The van der Waals surface area contributed by atoms with Crippen molar-refractivity contribution in [3.05, 3.63) is 42.0 Å². The van der Waals surface area contributed by atoms with E-state index >= 15 is 0 Å². The molecular formula is C22H28N2O8S. The van der Waals surface area contributed by atoms with E-state index in [1.54, 1.807) is 19.2 Å². The Morgan fingerprint density at radius 1 is 1.03 bits per heavy atom. The summed E-state index contributed by atoms with van der Waals surface area (Å²) in [6.07, 6.45) is 1.65. The predicted molar refractivity (Wildman–Crippen MR) is 121 cm³/mol. The summed E-state index contributed by atoms with van der Waals surface area (Å²) in [4.78, 5) is 25.6. The zero-order valence-corrected chi connectivity index (χ0v) is 19.8. The van der Waals surface area contributed by atoms with Gasteiger partial charge in [0.1, 0.15) is 5.75 Å². The second-order valence-corrected chi connectivity index (χ2v) is 9.16. The summed E-state index contributed by atoms with van der Waals surface area (Å²) in [5, 5.41) is 0. The van der Waals surface area contributed by atoms with Crippen LogP contribution in [0.25, 0.3) is 0 Å². The Labute approximate surface area is 193 Å². The van der Waals surface area contributed by atoms with Crippen molar-refractivity contribution in [2.45, 2.75) is 11.3 Å². The molecule has 2 aromatic carbocycles. The van der Waals surface area contributed by atoms with Crippen LogP contribution in [-0.4, -0.2) is 72.4 Å². The van der Waals surface area contributed by atoms with Crippen molar-refractivity contribution >= 4 is 21.7 Å².